The summed E-state index contributed by atoms with van der Waals surface area (Å²) in [5.41, 5.74) is 6.94. The lowest BCUT2D eigenvalue weighted by Crippen LogP contribution is -2.35. The van der Waals surface area contributed by atoms with Crippen LogP contribution in [0, 0.1) is 13.8 Å². The molecule has 1 fully saturated rings. The molecule has 10 nitrogen and oxygen atoms in total. The number of hydrogen-bond acceptors (Lipinski definition) is 8. The molecule has 0 saturated carbocycles. The molecule has 1 amide bonds. The van der Waals surface area contributed by atoms with Crippen molar-refractivity contribution in [2.75, 3.05) is 32.9 Å². The zero-order valence-corrected chi connectivity index (χ0v) is 24.4. The second kappa shape index (κ2) is 12.1. The number of hydrogen-bond donors (Lipinski definition) is 2. The molecule has 0 bridgehead atoms. The highest BCUT2D eigenvalue weighted by atomic mass is 32.2. The van der Waals surface area contributed by atoms with Gasteiger partial charge in [-0.1, -0.05) is 37.3 Å². The summed E-state index contributed by atoms with van der Waals surface area (Å²) < 4.78 is 35.8. The van der Waals surface area contributed by atoms with Crippen molar-refractivity contribution in [3.8, 4) is 11.1 Å². The second-order valence-corrected chi connectivity index (χ2v) is 12.0. The van der Waals surface area contributed by atoms with Gasteiger partial charge < -0.3 is 14.4 Å². The number of nitrogens with zero attached hydrogens (tertiary/aromatic N) is 4. The number of pyridine rings is 1. The zero-order valence-electron chi connectivity index (χ0n) is 23.6. The van der Waals surface area contributed by atoms with E-state index in [2.05, 4.69) is 16.4 Å². The Bertz CT molecular complexity index is 1680. The van der Waals surface area contributed by atoms with E-state index >= 15 is 0 Å². The minimum absolute atomic E-state index is 0.0261. The summed E-state index contributed by atoms with van der Waals surface area (Å²) in [7, 11) is -4.21. The first-order valence-electron chi connectivity index (χ1n) is 13.7. The van der Waals surface area contributed by atoms with Crippen LogP contribution >= 0.6 is 0 Å². The molecule has 1 saturated heterocycles. The zero-order chi connectivity index (χ0) is 29.1. The van der Waals surface area contributed by atoms with Crippen molar-refractivity contribution in [1.29, 1.82) is 0 Å². The number of carbonyl (C=O) groups is 1. The number of aliphatic hydroxyl groups excluding tert-OH is 1. The summed E-state index contributed by atoms with van der Waals surface area (Å²) in [6, 6.07) is 14.9. The number of ether oxygens (including phenoxy) is 1. The SMILES string of the molecule is CCc1nc2c(C)cc(C)nc2n1Cc1ccc(-c2cc(CN3CCOCC3)ccc2S(=O)(=O)NC(=O)CO)cc1. The number of imidazole rings is 1. The van der Waals surface area contributed by atoms with Gasteiger partial charge in [0.2, 0.25) is 0 Å². The van der Waals surface area contributed by atoms with Gasteiger partial charge in [0, 0.05) is 37.3 Å². The first-order chi connectivity index (χ1) is 19.7. The minimum Gasteiger partial charge on any atom is -0.387 e. The molecule has 0 spiro atoms. The van der Waals surface area contributed by atoms with Crippen LogP contribution in [0.3, 0.4) is 0 Å². The van der Waals surface area contributed by atoms with Gasteiger partial charge in [-0.05, 0) is 54.3 Å². The van der Waals surface area contributed by atoms with Crippen LogP contribution < -0.4 is 4.72 Å². The quantitative estimate of drug-likeness (QED) is 0.311. The number of nitrogens with one attached hydrogen (secondary N) is 1. The molecule has 2 N–H and O–H groups in total. The molecule has 0 unspecified atom stereocenters. The van der Waals surface area contributed by atoms with Gasteiger partial charge in [-0.25, -0.2) is 23.1 Å². The normalized spacial score (nSPS) is 14.4. The smallest absolute Gasteiger partial charge is 0.264 e. The van der Waals surface area contributed by atoms with E-state index in [0.29, 0.717) is 37.4 Å². The first-order valence-corrected chi connectivity index (χ1v) is 15.2. The van der Waals surface area contributed by atoms with E-state index in [1.54, 1.807) is 6.07 Å². The van der Waals surface area contributed by atoms with Crippen LogP contribution in [-0.2, 0) is 39.1 Å². The minimum atomic E-state index is -4.21. The highest BCUT2D eigenvalue weighted by Crippen LogP contribution is 2.30. The molecular formula is C30H35N5O5S. The van der Waals surface area contributed by atoms with Crippen LogP contribution in [0.2, 0.25) is 0 Å². The summed E-state index contributed by atoms with van der Waals surface area (Å²) in [5.74, 6) is -0.0313. The maximum Gasteiger partial charge on any atom is 0.264 e. The third kappa shape index (κ3) is 6.33. The van der Waals surface area contributed by atoms with Crippen molar-refractivity contribution in [2.45, 2.75) is 45.2 Å². The number of carbonyl (C=O) groups excluding carboxylic acids is 1. The van der Waals surface area contributed by atoms with E-state index in [1.165, 1.54) is 6.07 Å². The van der Waals surface area contributed by atoms with Gasteiger partial charge in [0.05, 0.1) is 24.7 Å². The van der Waals surface area contributed by atoms with Crippen LogP contribution in [0.1, 0.15) is 35.1 Å². The Morgan fingerprint density at radius 1 is 1.00 bits per heavy atom. The molecule has 0 aliphatic carbocycles. The molecule has 0 atom stereocenters. The largest absolute Gasteiger partial charge is 0.387 e. The first kappa shape index (κ1) is 28.9. The Hall–Kier alpha value is -3.64. The number of sulfonamides is 1. The molecule has 5 rings (SSSR count). The summed E-state index contributed by atoms with van der Waals surface area (Å²) in [6.07, 6.45) is 0.768. The van der Waals surface area contributed by atoms with E-state index in [4.69, 9.17) is 19.8 Å². The van der Waals surface area contributed by atoms with E-state index in [-0.39, 0.29) is 4.90 Å². The summed E-state index contributed by atoms with van der Waals surface area (Å²) in [5, 5.41) is 9.12. The maximum absolute atomic E-state index is 13.1. The molecule has 1 aliphatic heterocycles. The van der Waals surface area contributed by atoms with Crippen molar-refractivity contribution in [3.05, 3.63) is 76.7 Å². The molecule has 216 valence electrons. The molecule has 2 aromatic carbocycles. The molecule has 11 heteroatoms. The predicted octanol–water partition coefficient (Wildman–Crippen LogP) is 2.96. The molecule has 0 radical (unpaired) electrons. The number of aliphatic hydroxyl groups is 1. The maximum atomic E-state index is 13.1. The fourth-order valence-electron chi connectivity index (χ4n) is 5.25. The van der Waals surface area contributed by atoms with Gasteiger partial charge in [-0.2, -0.15) is 0 Å². The number of amides is 1. The van der Waals surface area contributed by atoms with Gasteiger partial charge in [0.15, 0.2) is 5.65 Å². The van der Waals surface area contributed by atoms with E-state index in [1.807, 2.05) is 55.0 Å². The Labute approximate surface area is 240 Å². The fraction of sp³-hybridized carbons (Fsp3) is 0.367. The van der Waals surface area contributed by atoms with Gasteiger partial charge in [0.25, 0.3) is 15.9 Å². The Kier molecular flexibility index (Phi) is 8.50. The van der Waals surface area contributed by atoms with Gasteiger partial charge in [0.1, 0.15) is 17.9 Å². The highest BCUT2D eigenvalue weighted by molar-refractivity contribution is 7.90. The van der Waals surface area contributed by atoms with Crippen LogP contribution in [-0.4, -0.2) is 71.8 Å². The Balaban J connectivity index is 1.50. The van der Waals surface area contributed by atoms with Crippen LogP contribution in [0.4, 0.5) is 0 Å². The Morgan fingerprint density at radius 2 is 1.71 bits per heavy atom. The molecule has 41 heavy (non-hydrogen) atoms. The molecule has 1 aliphatic rings. The number of fused-ring (bicyclic) bond motifs is 1. The number of aryl methyl sites for hydroxylation is 3. The van der Waals surface area contributed by atoms with Crippen LogP contribution in [0.15, 0.2) is 53.4 Å². The topological polar surface area (TPSA) is 127 Å². The monoisotopic (exact) mass is 577 g/mol. The highest BCUT2D eigenvalue weighted by Gasteiger charge is 2.23. The average molecular weight is 578 g/mol. The lowest BCUT2D eigenvalue weighted by molar-refractivity contribution is -0.122. The third-order valence-corrected chi connectivity index (χ3v) is 8.69. The standard InChI is InChI=1S/C30H35N5O5S/c1-4-27-32-29-20(2)15-21(3)31-30(29)35(27)18-22-5-8-24(9-6-22)25-16-23(17-34-11-13-40-14-12-34)7-10-26(25)41(38,39)33-28(37)19-36/h5-10,15-16,36H,4,11-14,17-19H2,1-3H3,(H,33,37). The van der Waals surface area contributed by atoms with Crippen molar-refractivity contribution >= 4 is 27.1 Å². The van der Waals surface area contributed by atoms with Crippen molar-refractivity contribution in [2.24, 2.45) is 0 Å². The van der Waals surface area contributed by atoms with E-state index in [0.717, 1.165) is 58.9 Å². The van der Waals surface area contributed by atoms with Crippen molar-refractivity contribution in [1.82, 2.24) is 24.2 Å². The van der Waals surface area contributed by atoms with Crippen molar-refractivity contribution < 1.29 is 23.1 Å². The van der Waals surface area contributed by atoms with Crippen molar-refractivity contribution in [3.63, 3.8) is 0 Å². The average Bonchev–Trinajstić information content (AvgIpc) is 3.31. The third-order valence-electron chi connectivity index (χ3n) is 7.26. The summed E-state index contributed by atoms with van der Waals surface area (Å²) in [6.45, 7) is 9.32. The van der Waals surface area contributed by atoms with E-state index in [9.17, 15) is 13.2 Å². The molecular weight excluding hydrogens is 542 g/mol. The molecule has 3 heterocycles. The summed E-state index contributed by atoms with van der Waals surface area (Å²) >= 11 is 0. The lowest BCUT2D eigenvalue weighted by atomic mass is 10.0. The van der Waals surface area contributed by atoms with Gasteiger partial charge in [-0.15, -0.1) is 0 Å². The van der Waals surface area contributed by atoms with Gasteiger partial charge in [-0.3, -0.25) is 9.69 Å². The molecule has 4 aromatic rings. The Morgan fingerprint density at radius 3 is 2.39 bits per heavy atom. The second-order valence-electron chi connectivity index (χ2n) is 10.3. The van der Waals surface area contributed by atoms with Gasteiger partial charge >= 0.3 is 0 Å². The number of morpholine rings is 1. The molecule has 2 aromatic heterocycles. The predicted molar refractivity (Wildman–Crippen MR) is 156 cm³/mol. The van der Waals surface area contributed by atoms with Crippen LogP contribution in [0.5, 0.6) is 0 Å². The fourth-order valence-corrected chi connectivity index (χ4v) is 6.43. The number of benzene rings is 2. The summed E-state index contributed by atoms with van der Waals surface area (Å²) in [4.78, 5) is 23.6. The van der Waals surface area contributed by atoms with Crippen LogP contribution in [0.25, 0.3) is 22.3 Å². The number of rotatable bonds is 9. The number of aromatic nitrogens is 3. The lowest BCUT2D eigenvalue weighted by Gasteiger charge is -2.27. The van der Waals surface area contributed by atoms with E-state index < -0.39 is 22.5 Å².